The van der Waals surface area contributed by atoms with Gasteiger partial charge in [-0.3, -0.25) is 0 Å². The Balaban J connectivity index is 2.63. The standard InChI is InChI=1S/C12H18O2/c1-9(2)12(8-13)14-11-6-4-10(3)5-7-11/h4-7,9,12-13H,8H2,1-3H3/t12-/m0/s1. The van der Waals surface area contributed by atoms with E-state index in [0.29, 0.717) is 5.92 Å². The number of hydrogen-bond acceptors (Lipinski definition) is 2. The molecule has 1 aromatic carbocycles. The maximum atomic E-state index is 9.09. The minimum Gasteiger partial charge on any atom is -0.488 e. The molecule has 0 heterocycles. The maximum absolute atomic E-state index is 9.09. The van der Waals surface area contributed by atoms with Gasteiger partial charge in [-0.05, 0) is 25.0 Å². The number of benzene rings is 1. The molecule has 2 heteroatoms. The van der Waals surface area contributed by atoms with Gasteiger partial charge in [0.2, 0.25) is 0 Å². The molecule has 0 radical (unpaired) electrons. The summed E-state index contributed by atoms with van der Waals surface area (Å²) in [6.45, 7) is 6.17. The van der Waals surface area contributed by atoms with Crippen molar-refractivity contribution in [1.82, 2.24) is 0 Å². The summed E-state index contributed by atoms with van der Waals surface area (Å²) in [5.41, 5.74) is 1.21. The van der Waals surface area contributed by atoms with E-state index >= 15 is 0 Å². The van der Waals surface area contributed by atoms with Gasteiger partial charge in [0.15, 0.2) is 0 Å². The largest absolute Gasteiger partial charge is 0.488 e. The molecule has 0 saturated carbocycles. The Labute approximate surface area is 85.5 Å². The van der Waals surface area contributed by atoms with E-state index in [1.54, 1.807) is 0 Å². The molecule has 78 valence electrons. The van der Waals surface area contributed by atoms with Gasteiger partial charge in [0, 0.05) is 0 Å². The number of hydrogen-bond donors (Lipinski definition) is 1. The van der Waals surface area contributed by atoms with E-state index in [9.17, 15) is 0 Å². The van der Waals surface area contributed by atoms with Crippen molar-refractivity contribution in [1.29, 1.82) is 0 Å². The van der Waals surface area contributed by atoms with Crippen LogP contribution in [0.2, 0.25) is 0 Å². The zero-order valence-corrected chi connectivity index (χ0v) is 9.03. The lowest BCUT2D eigenvalue weighted by atomic mass is 10.1. The summed E-state index contributed by atoms with van der Waals surface area (Å²) < 4.78 is 5.63. The van der Waals surface area contributed by atoms with Crippen LogP contribution in [0.3, 0.4) is 0 Å². The highest BCUT2D eigenvalue weighted by Crippen LogP contribution is 2.16. The summed E-state index contributed by atoms with van der Waals surface area (Å²) in [5.74, 6) is 1.14. The van der Waals surface area contributed by atoms with Gasteiger partial charge in [0.05, 0.1) is 6.61 Å². The van der Waals surface area contributed by atoms with Crippen molar-refractivity contribution in [2.24, 2.45) is 5.92 Å². The van der Waals surface area contributed by atoms with Crippen molar-refractivity contribution >= 4 is 0 Å². The van der Waals surface area contributed by atoms with Crippen molar-refractivity contribution in [2.75, 3.05) is 6.61 Å². The highest BCUT2D eigenvalue weighted by Gasteiger charge is 2.13. The normalized spacial score (nSPS) is 12.9. The third-order valence-corrected chi connectivity index (χ3v) is 2.23. The molecule has 0 aliphatic rings. The first-order valence-electron chi connectivity index (χ1n) is 4.97. The molecule has 0 bridgehead atoms. The van der Waals surface area contributed by atoms with Crippen LogP contribution in [-0.4, -0.2) is 17.8 Å². The van der Waals surface area contributed by atoms with Crippen LogP contribution in [0, 0.1) is 12.8 Å². The van der Waals surface area contributed by atoms with Gasteiger partial charge >= 0.3 is 0 Å². The van der Waals surface area contributed by atoms with Gasteiger partial charge in [-0.2, -0.15) is 0 Å². The molecule has 1 N–H and O–H groups in total. The van der Waals surface area contributed by atoms with Crippen LogP contribution in [0.25, 0.3) is 0 Å². The van der Waals surface area contributed by atoms with E-state index in [0.717, 1.165) is 5.75 Å². The van der Waals surface area contributed by atoms with Crippen molar-refractivity contribution in [3.63, 3.8) is 0 Å². The smallest absolute Gasteiger partial charge is 0.124 e. The molecule has 0 aliphatic carbocycles. The Kier molecular flexibility index (Phi) is 3.96. The lowest BCUT2D eigenvalue weighted by molar-refractivity contribution is 0.0801. The molecular weight excluding hydrogens is 176 g/mol. The van der Waals surface area contributed by atoms with E-state index in [2.05, 4.69) is 0 Å². The molecule has 0 fully saturated rings. The minimum absolute atomic E-state index is 0.0611. The number of aliphatic hydroxyl groups excluding tert-OH is 1. The lowest BCUT2D eigenvalue weighted by Gasteiger charge is -2.20. The van der Waals surface area contributed by atoms with Crippen LogP contribution >= 0.6 is 0 Å². The molecule has 2 nitrogen and oxygen atoms in total. The van der Waals surface area contributed by atoms with Crippen LogP contribution in [0.5, 0.6) is 5.75 Å². The van der Waals surface area contributed by atoms with Gasteiger partial charge in [0.25, 0.3) is 0 Å². The zero-order valence-electron chi connectivity index (χ0n) is 9.03. The molecule has 0 aromatic heterocycles. The molecule has 0 aliphatic heterocycles. The predicted molar refractivity (Wildman–Crippen MR) is 57.5 cm³/mol. The molecule has 0 unspecified atom stereocenters. The second-order valence-corrected chi connectivity index (χ2v) is 3.90. The summed E-state index contributed by atoms with van der Waals surface area (Å²) in [6.07, 6.45) is -0.113. The summed E-state index contributed by atoms with van der Waals surface area (Å²) in [6, 6.07) is 7.87. The molecule has 14 heavy (non-hydrogen) atoms. The van der Waals surface area contributed by atoms with Crippen LogP contribution in [0.1, 0.15) is 19.4 Å². The van der Waals surface area contributed by atoms with E-state index < -0.39 is 0 Å². The Morgan fingerprint density at radius 2 is 1.79 bits per heavy atom. The van der Waals surface area contributed by atoms with E-state index in [-0.39, 0.29) is 12.7 Å². The summed E-state index contributed by atoms with van der Waals surface area (Å²) in [7, 11) is 0. The Hall–Kier alpha value is -1.02. The van der Waals surface area contributed by atoms with Gasteiger partial charge in [-0.15, -0.1) is 0 Å². The summed E-state index contributed by atoms with van der Waals surface area (Å²) in [5, 5.41) is 9.09. The highest BCUT2D eigenvalue weighted by molar-refractivity contribution is 5.26. The van der Waals surface area contributed by atoms with Gasteiger partial charge in [0.1, 0.15) is 11.9 Å². The average Bonchev–Trinajstić information content (AvgIpc) is 2.16. The first kappa shape index (κ1) is 11.1. The van der Waals surface area contributed by atoms with Gasteiger partial charge in [-0.1, -0.05) is 31.5 Å². The molecule has 1 atom stereocenters. The molecule has 1 aromatic rings. The number of ether oxygens (including phenoxy) is 1. The predicted octanol–water partition coefficient (Wildman–Crippen LogP) is 2.39. The highest BCUT2D eigenvalue weighted by atomic mass is 16.5. The van der Waals surface area contributed by atoms with Crippen LogP contribution < -0.4 is 4.74 Å². The van der Waals surface area contributed by atoms with Gasteiger partial charge < -0.3 is 9.84 Å². The second kappa shape index (κ2) is 5.01. The Morgan fingerprint density at radius 3 is 2.21 bits per heavy atom. The zero-order chi connectivity index (χ0) is 10.6. The second-order valence-electron chi connectivity index (χ2n) is 3.90. The maximum Gasteiger partial charge on any atom is 0.124 e. The number of rotatable bonds is 4. The molecule has 0 saturated heterocycles. The summed E-state index contributed by atoms with van der Waals surface area (Å²) >= 11 is 0. The third kappa shape index (κ3) is 3.04. The Morgan fingerprint density at radius 1 is 1.21 bits per heavy atom. The van der Waals surface area contributed by atoms with Crippen molar-refractivity contribution in [3.8, 4) is 5.75 Å². The first-order valence-corrected chi connectivity index (χ1v) is 4.97. The van der Waals surface area contributed by atoms with Crippen molar-refractivity contribution < 1.29 is 9.84 Å². The van der Waals surface area contributed by atoms with Crippen LogP contribution in [-0.2, 0) is 0 Å². The monoisotopic (exact) mass is 194 g/mol. The van der Waals surface area contributed by atoms with Gasteiger partial charge in [-0.25, -0.2) is 0 Å². The Bertz CT molecular complexity index is 264. The fourth-order valence-electron chi connectivity index (χ4n) is 1.18. The quantitative estimate of drug-likeness (QED) is 0.797. The topological polar surface area (TPSA) is 29.5 Å². The number of aryl methyl sites for hydroxylation is 1. The molecule has 0 spiro atoms. The van der Waals surface area contributed by atoms with Crippen LogP contribution in [0.4, 0.5) is 0 Å². The van der Waals surface area contributed by atoms with E-state index in [1.807, 2.05) is 45.0 Å². The molecule has 1 rings (SSSR count). The molecule has 0 amide bonds. The van der Waals surface area contributed by atoms with E-state index in [4.69, 9.17) is 9.84 Å². The fraction of sp³-hybridized carbons (Fsp3) is 0.500. The minimum atomic E-state index is -0.113. The first-order chi connectivity index (χ1) is 6.63. The lowest BCUT2D eigenvalue weighted by Crippen LogP contribution is -2.27. The van der Waals surface area contributed by atoms with Crippen molar-refractivity contribution in [2.45, 2.75) is 26.9 Å². The number of aliphatic hydroxyl groups is 1. The average molecular weight is 194 g/mol. The fourth-order valence-corrected chi connectivity index (χ4v) is 1.18. The van der Waals surface area contributed by atoms with Crippen LogP contribution in [0.15, 0.2) is 24.3 Å². The SMILES string of the molecule is Cc1ccc(O[C@@H](CO)C(C)C)cc1. The summed E-state index contributed by atoms with van der Waals surface area (Å²) in [4.78, 5) is 0. The van der Waals surface area contributed by atoms with E-state index in [1.165, 1.54) is 5.56 Å². The third-order valence-electron chi connectivity index (χ3n) is 2.23. The molecular formula is C12H18O2. The van der Waals surface area contributed by atoms with Crippen molar-refractivity contribution in [3.05, 3.63) is 29.8 Å².